The summed E-state index contributed by atoms with van der Waals surface area (Å²) in [6.45, 7) is 3.48. The highest BCUT2D eigenvalue weighted by Gasteiger charge is 2.05. The number of imidazole rings is 1. The van der Waals surface area contributed by atoms with Crippen LogP contribution in [0.1, 0.15) is 28.2 Å². The molecule has 0 spiro atoms. The third kappa shape index (κ3) is 5.20. The predicted molar refractivity (Wildman–Crippen MR) is 104 cm³/mol. The molecule has 0 radical (unpaired) electrons. The Morgan fingerprint density at radius 2 is 1.96 bits per heavy atom. The number of aromatic nitrogens is 3. The number of hydrogen-bond donors (Lipinski definition) is 1. The number of benzene rings is 1. The molecule has 1 N–H and O–H groups in total. The van der Waals surface area contributed by atoms with Crippen LogP contribution in [0.2, 0.25) is 0 Å². The minimum Gasteiger partial charge on any atom is -0.352 e. The van der Waals surface area contributed by atoms with Crippen molar-refractivity contribution < 1.29 is 4.79 Å². The van der Waals surface area contributed by atoms with Crippen LogP contribution in [0.15, 0.2) is 66.1 Å². The zero-order chi connectivity index (χ0) is 18.2. The molecule has 3 aromatic rings. The molecule has 0 fully saturated rings. The summed E-state index contributed by atoms with van der Waals surface area (Å²) in [5, 5.41) is 3.97. The lowest BCUT2D eigenvalue weighted by Crippen LogP contribution is -2.25. The lowest BCUT2D eigenvalue weighted by molar-refractivity contribution is 0.0952. The van der Waals surface area contributed by atoms with E-state index in [1.807, 2.05) is 55.6 Å². The summed E-state index contributed by atoms with van der Waals surface area (Å²) in [4.78, 5) is 20.7. The van der Waals surface area contributed by atoms with Crippen molar-refractivity contribution in [2.45, 2.75) is 30.7 Å². The lowest BCUT2D eigenvalue weighted by Gasteiger charge is -2.08. The molecule has 0 aliphatic carbocycles. The number of rotatable bonds is 8. The molecular weight excluding hydrogens is 344 g/mol. The topological polar surface area (TPSA) is 59.8 Å². The average molecular weight is 366 g/mol. The van der Waals surface area contributed by atoms with Crippen LogP contribution >= 0.6 is 11.8 Å². The smallest absolute Gasteiger partial charge is 0.251 e. The van der Waals surface area contributed by atoms with Crippen LogP contribution in [0.5, 0.6) is 0 Å². The van der Waals surface area contributed by atoms with E-state index in [4.69, 9.17) is 0 Å². The second-order valence-corrected chi connectivity index (χ2v) is 6.93. The van der Waals surface area contributed by atoms with Gasteiger partial charge in [0.15, 0.2) is 0 Å². The summed E-state index contributed by atoms with van der Waals surface area (Å²) in [6.07, 6.45) is 6.42. The monoisotopic (exact) mass is 366 g/mol. The van der Waals surface area contributed by atoms with Gasteiger partial charge in [-0.25, -0.2) is 9.97 Å². The molecule has 0 aliphatic rings. The number of carbonyl (C=O) groups excluding carboxylic acids is 1. The highest BCUT2D eigenvalue weighted by atomic mass is 32.2. The van der Waals surface area contributed by atoms with Crippen LogP contribution in [0.25, 0.3) is 0 Å². The maximum absolute atomic E-state index is 12.2. The second-order valence-electron chi connectivity index (χ2n) is 5.93. The van der Waals surface area contributed by atoms with Gasteiger partial charge in [0, 0.05) is 43.0 Å². The second kappa shape index (κ2) is 9.20. The van der Waals surface area contributed by atoms with Crippen molar-refractivity contribution in [3.8, 4) is 0 Å². The minimum atomic E-state index is -0.0312. The van der Waals surface area contributed by atoms with Crippen LogP contribution in [0, 0.1) is 6.92 Å². The summed E-state index contributed by atoms with van der Waals surface area (Å²) >= 11 is 1.69. The molecule has 26 heavy (non-hydrogen) atoms. The van der Waals surface area contributed by atoms with Gasteiger partial charge in [0.1, 0.15) is 5.82 Å². The average Bonchev–Trinajstić information content (AvgIpc) is 3.09. The first kappa shape index (κ1) is 18.2. The molecule has 2 heterocycles. The van der Waals surface area contributed by atoms with Gasteiger partial charge in [0.05, 0.1) is 5.03 Å². The Morgan fingerprint density at radius 1 is 1.12 bits per heavy atom. The fourth-order valence-electron chi connectivity index (χ4n) is 2.54. The van der Waals surface area contributed by atoms with E-state index < -0.39 is 0 Å². The third-order valence-electron chi connectivity index (χ3n) is 4.03. The molecule has 5 nitrogen and oxygen atoms in total. The van der Waals surface area contributed by atoms with Crippen molar-refractivity contribution in [3.63, 3.8) is 0 Å². The van der Waals surface area contributed by atoms with Gasteiger partial charge in [-0.3, -0.25) is 4.79 Å². The van der Waals surface area contributed by atoms with Crippen LogP contribution < -0.4 is 5.32 Å². The summed E-state index contributed by atoms with van der Waals surface area (Å²) in [5.41, 5.74) is 1.86. The first-order valence-electron chi connectivity index (χ1n) is 8.61. The van der Waals surface area contributed by atoms with Gasteiger partial charge in [-0.1, -0.05) is 18.2 Å². The molecule has 3 rings (SSSR count). The molecule has 0 saturated carbocycles. The van der Waals surface area contributed by atoms with Gasteiger partial charge in [0.2, 0.25) is 0 Å². The fraction of sp³-hybridized carbons (Fsp3) is 0.250. The van der Waals surface area contributed by atoms with Gasteiger partial charge in [-0.05, 0) is 43.2 Å². The van der Waals surface area contributed by atoms with Gasteiger partial charge in [-0.15, -0.1) is 11.8 Å². The Bertz CT molecular complexity index is 831. The van der Waals surface area contributed by atoms with Crippen molar-refractivity contribution >= 4 is 17.7 Å². The molecule has 6 heteroatoms. The number of carbonyl (C=O) groups is 1. The van der Waals surface area contributed by atoms with E-state index in [-0.39, 0.29) is 5.91 Å². The normalized spacial score (nSPS) is 10.7. The Labute approximate surface area is 157 Å². The van der Waals surface area contributed by atoms with Crippen molar-refractivity contribution in [3.05, 3.63) is 78.0 Å². The summed E-state index contributed by atoms with van der Waals surface area (Å²) in [5.74, 6) is 1.80. The zero-order valence-corrected chi connectivity index (χ0v) is 15.6. The molecule has 0 saturated heterocycles. The molecule has 0 atom stereocenters. The van der Waals surface area contributed by atoms with Crippen LogP contribution in [-0.4, -0.2) is 27.0 Å². The van der Waals surface area contributed by atoms with Crippen molar-refractivity contribution in [2.24, 2.45) is 0 Å². The molecule has 0 aliphatic heterocycles. The number of hydrogen-bond acceptors (Lipinski definition) is 4. The number of pyridine rings is 1. The number of amides is 1. The quantitative estimate of drug-likeness (QED) is 0.488. The highest BCUT2D eigenvalue weighted by molar-refractivity contribution is 7.98. The fourth-order valence-corrected chi connectivity index (χ4v) is 3.35. The van der Waals surface area contributed by atoms with E-state index in [1.54, 1.807) is 24.2 Å². The SMILES string of the molecule is Cc1nccn1CCCNC(=O)c1ccc(CSc2ccccn2)cc1. The summed E-state index contributed by atoms with van der Waals surface area (Å²) in [6, 6.07) is 13.6. The lowest BCUT2D eigenvalue weighted by atomic mass is 10.1. The predicted octanol–water partition coefficient (Wildman–Crippen LogP) is 3.70. The van der Waals surface area contributed by atoms with E-state index in [0.717, 1.165) is 29.6 Å². The molecule has 1 aromatic carbocycles. The van der Waals surface area contributed by atoms with Crippen LogP contribution in [0.3, 0.4) is 0 Å². The van der Waals surface area contributed by atoms with Crippen molar-refractivity contribution in [1.82, 2.24) is 19.9 Å². The largest absolute Gasteiger partial charge is 0.352 e. The Morgan fingerprint density at radius 3 is 2.65 bits per heavy atom. The Hall–Kier alpha value is -2.60. The molecule has 1 amide bonds. The highest BCUT2D eigenvalue weighted by Crippen LogP contribution is 2.20. The van der Waals surface area contributed by atoms with Crippen LogP contribution in [0.4, 0.5) is 0 Å². The van der Waals surface area contributed by atoms with Crippen molar-refractivity contribution in [2.75, 3.05) is 6.54 Å². The Balaban J connectivity index is 1.42. The molecule has 134 valence electrons. The van der Waals surface area contributed by atoms with Gasteiger partial charge in [0.25, 0.3) is 5.91 Å². The summed E-state index contributed by atoms with van der Waals surface area (Å²) < 4.78 is 2.08. The molecule has 2 aromatic heterocycles. The number of thioether (sulfide) groups is 1. The van der Waals surface area contributed by atoms with E-state index in [1.165, 1.54) is 5.56 Å². The van der Waals surface area contributed by atoms with E-state index in [0.29, 0.717) is 12.1 Å². The first-order chi connectivity index (χ1) is 12.7. The van der Waals surface area contributed by atoms with E-state index >= 15 is 0 Å². The van der Waals surface area contributed by atoms with Gasteiger partial charge >= 0.3 is 0 Å². The number of nitrogens with zero attached hydrogens (tertiary/aromatic N) is 3. The van der Waals surface area contributed by atoms with Crippen molar-refractivity contribution in [1.29, 1.82) is 0 Å². The zero-order valence-electron chi connectivity index (χ0n) is 14.8. The molecule has 0 unspecified atom stereocenters. The van der Waals surface area contributed by atoms with Crippen LogP contribution in [-0.2, 0) is 12.3 Å². The number of nitrogens with one attached hydrogen (secondary N) is 1. The van der Waals surface area contributed by atoms with Gasteiger partial charge < -0.3 is 9.88 Å². The van der Waals surface area contributed by atoms with E-state index in [9.17, 15) is 4.79 Å². The maximum Gasteiger partial charge on any atom is 0.251 e. The van der Waals surface area contributed by atoms with Gasteiger partial charge in [-0.2, -0.15) is 0 Å². The number of aryl methyl sites for hydroxylation is 2. The molecular formula is C20H22N4OS. The summed E-state index contributed by atoms with van der Waals surface area (Å²) in [7, 11) is 0. The Kier molecular flexibility index (Phi) is 6.44. The third-order valence-corrected chi connectivity index (χ3v) is 5.04. The standard InChI is InChI=1S/C20H22N4OS/c1-16-21-12-14-24(16)13-4-11-23-20(25)18-8-6-17(7-9-18)15-26-19-5-2-3-10-22-19/h2-3,5-10,12,14H,4,11,13,15H2,1H3,(H,23,25). The minimum absolute atomic E-state index is 0.0312. The maximum atomic E-state index is 12.2. The first-order valence-corrected chi connectivity index (χ1v) is 9.59. The molecule has 0 bridgehead atoms. The van der Waals surface area contributed by atoms with E-state index in [2.05, 4.69) is 19.9 Å².